The highest BCUT2D eigenvalue weighted by Gasteiger charge is 2.40. The van der Waals surface area contributed by atoms with Crippen molar-refractivity contribution in [2.24, 2.45) is 11.1 Å². The molecule has 0 aliphatic heterocycles. The van der Waals surface area contributed by atoms with Crippen LogP contribution in [0.4, 0.5) is 27.8 Å². The Morgan fingerprint density at radius 2 is 2.00 bits per heavy atom. The Labute approximate surface area is 173 Å². The normalized spacial score (nSPS) is 17.2. The molecule has 1 aliphatic carbocycles. The molecule has 164 valence electrons. The number of aromatic nitrogens is 3. The predicted octanol–water partition coefficient (Wildman–Crippen LogP) is 4.65. The molecular weight excluding hydrogens is 429 g/mol. The average Bonchev–Trinajstić information content (AvgIpc) is 3.00. The average molecular weight is 449 g/mol. The number of amides is 1. The first-order chi connectivity index (χ1) is 14.0. The smallest absolute Gasteiger partial charge is 0.305 e. The number of nitrogens with two attached hydrogens (primary N) is 1. The fourth-order valence-corrected chi connectivity index (χ4v) is 3.80. The first-order valence-electron chi connectivity index (χ1n) is 9.18. The SMILES string of the molecule is Cc1c(C(F)(F)F)nn(CC2CCC(F)(F)CC2)c1C(=O)Nc1cccc(SN)n1. The van der Waals surface area contributed by atoms with Crippen LogP contribution in [0, 0.1) is 12.8 Å². The zero-order valence-electron chi connectivity index (χ0n) is 16.0. The maximum absolute atomic E-state index is 13.4. The van der Waals surface area contributed by atoms with E-state index in [-0.39, 0.29) is 55.2 Å². The molecule has 2 aromatic heterocycles. The molecule has 3 rings (SSSR count). The lowest BCUT2D eigenvalue weighted by atomic mass is 9.87. The van der Waals surface area contributed by atoms with Crippen LogP contribution in [0.5, 0.6) is 0 Å². The van der Waals surface area contributed by atoms with Gasteiger partial charge in [-0.1, -0.05) is 6.07 Å². The summed E-state index contributed by atoms with van der Waals surface area (Å²) < 4.78 is 67.9. The summed E-state index contributed by atoms with van der Waals surface area (Å²) >= 11 is 0.853. The van der Waals surface area contributed by atoms with Gasteiger partial charge in [0.1, 0.15) is 16.5 Å². The van der Waals surface area contributed by atoms with Gasteiger partial charge >= 0.3 is 6.18 Å². The molecule has 0 aromatic carbocycles. The molecule has 1 aliphatic rings. The molecule has 2 aromatic rings. The van der Waals surface area contributed by atoms with E-state index >= 15 is 0 Å². The third-order valence-electron chi connectivity index (χ3n) is 5.03. The van der Waals surface area contributed by atoms with Crippen molar-refractivity contribution in [1.82, 2.24) is 14.8 Å². The van der Waals surface area contributed by atoms with Crippen molar-refractivity contribution in [3.63, 3.8) is 0 Å². The number of anilines is 1. The number of carbonyl (C=O) groups excluding carboxylic acids is 1. The summed E-state index contributed by atoms with van der Waals surface area (Å²) in [6.45, 7) is 1.11. The van der Waals surface area contributed by atoms with Gasteiger partial charge in [0, 0.05) is 24.9 Å². The van der Waals surface area contributed by atoms with Gasteiger partial charge in [-0.05, 0) is 49.8 Å². The van der Waals surface area contributed by atoms with Gasteiger partial charge in [0.2, 0.25) is 5.92 Å². The van der Waals surface area contributed by atoms with Crippen molar-refractivity contribution in [1.29, 1.82) is 0 Å². The maximum Gasteiger partial charge on any atom is 0.435 e. The van der Waals surface area contributed by atoms with Gasteiger partial charge in [0.25, 0.3) is 5.91 Å². The molecule has 0 spiro atoms. The van der Waals surface area contributed by atoms with Crippen LogP contribution in [0.1, 0.15) is 47.4 Å². The van der Waals surface area contributed by atoms with E-state index in [9.17, 15) is 26.7 Å². The molecule has 6 nitrogen and oxygen atoms in total. The summed E-state index contributed by atoms with van der Waals surface area (Å²) in [5.41, 5.74) is -1.77. The largest absolute Gasteiger partial charge is 0.435 e. The third-order valence-corrected chi connectivity index (χ3v) is 5.50. The van der Waals surface area contributed by atoms with Crippen LogP contribution in [-0.4, -0.2) is 26.6 Å². The molecular formula is C18H20F5N5OS. The van der Waals surface area contributed by atoms with Crippen LogP contribution in [-0.2, 0) is 12.7 Å². The second kappa shape index (κ2) is 8.50. The van der Waals surface area contributed by atoms with E-state index in [2.05, 4.69) is 15.4 Å². The Kier molecular flexibility index (Phi) is 6.37. The van der Waals surface area contributed by atoms with Gasteiger partial charge in [0.05, 0.1) is 0 Å². The Morgan fingerprint density at radius 3 is 2.60 bits per heavy atom. The van der Waals surface area contributed by atoms with E-state index in [1.807, 2.05) is 0 Å². The molecule has 30 heavy (non-hydrogen) atoms. The van der Waals surface area contributed by atoms with Gasteiger partial charge < -0.3 is 5.32 Å². The number of nitrogens with zero attached hydrogens (tertiary/aromatic N) is 3. The van der Waals surface area contributed by atoms with Gasteiger partial charge in [-0.15, -0.1) is 0 Å². The molecule has 2 heterocycles. The predicted molar refractivity (Wildman–Crippen MR) is 101 cm³/mol. The number of rotatable bonds is 5. The standard InChI is InChI=1S/C18H20F5N5OS/c1-10-14(16(29)26-12-3-2-4-13(25-12)30-24)28(27-15(10)18(21,22)23)9-11-5-7-17(19,20)8-6-11/h2-4,11H,5-9,24H2,1H3,(H,25,26,29). The minimum atomic E-state index is -4.75. The van der Waals surface area contributed by atoms with Gasteiger partial charge in [-0.3, -0.25) is 14.6 Å². The maximum atomic E-state index is 13.4. The van der Waals surface area contributed by atoms with Gasteiger partial charge in [0.15, 0.2) is 5.69 Å². The molecule has 3 N–H and O–H groups in total. The minimum Gasteiger partial charge on any atom is -0.305 e. The van der Waals surface area contributed by atoms with Crippen molar-refractivity contribution in [3.05, 3.63) is 35.2 Å². The van der Waals surface area contributed by atoms with Crippen LogP contribution in [0.15, 0.2) is 23.2 Å². The Morgan fingerprint density at radius 1 is 1.33 bits per heavy atom. The summed E-state index contributed by atoms with van der Waals surface area (Å²) in [4.78, 5) is 16.9. The Hall–Kier alpha value is -2.21. The number of pyridine rings is 1. The lowest BCUT2D eigenvalue weighted by Crippen LogP contribution is -2.28. The highest BCUT2D eigenvalue weighted by Crippen LogP contribution is 2.38. The van der Waals surface area contributed by atoms with Crippen LogP contribution < -0.4 is 10.5 Å². The van der Waals surface area contributed by atoms with Gasteiger partial charge in [-0.2, -0.15) is 18.3 Å². The number of halogens is 5. The number of alkyl halides is 5. The molecule has 0 unspecified atom stereocenters. The molecule has 0 bridgehead atoms. The third kappa shape index (κ3) is 5.09. The highest BCUT2D eigenvalue weighted by molar-refractivity contribution is 7.97. The molecule has 1 amide bonds. The molecule has 0 saturated heterocycles. The number of carbonyl (C=O) groups is 1. The molecule has 1 saturated carbocycles. The van der Waals surface area contributed by atoms with Crippen LogP contribution >= 0.6 is 11.9 Å². The number of nitrogens with one attached hydrogen (secondary N) is 1. The summed E-state index contributed by atoms with van der Waals surface area (Å²) in [6, 6.07) is 4.67. The molecule has 1 fully saturated rings. The second-order valence-electron chi connectivity index (χ2n) is 7.23. The first-order valence-corrected chi connectivity index (χ1v) is 10.1. The van der Waals surface area contributed by atoms with E-state index in [0.29, 0.717) is 5.03 Å². The summed E-state index contributed by atoms with van der Waals surface area (Å²) in [5.74, 6) is -3.76. The summed E-state index contributed by atoms with van der Waals surface area (Å²) in [7, 11) is 0. The van der Waals surface area contributed by atoms with E-state index in [1.165, 1.54) is 6.07 Å². The number of hydrogen-bond acceptors (Lipinski definition) is 5. The van der Waals surface area contributed by atoms with Gasteiger partial charge in [-0.25, -0.2) is 13.8 Å². The first kappa shape index (κ1) is 22.5. The fourth-order valence-electron chi connectivity index (χ4n) is 3.49. The molecule has 12 heteroatoms. The van der Waals surface area contributed by atoms with E-state index < -0.39 is 23.7 Å². The molecule has 0 atom stereocenters. The van der Waals surface area contributed by atoms with Crippen molar-refractivity contribution < 1.29 is 26.7 Å². The zero-order chi connectivity index (χ0) is 22.1. The number of hydrogen-bond donors (Lipinski definition) is 2. The van der Waals surface area contributed by atoms with E-state index in [0.717, 1.165) is 23.6 Å². The van der Waals surface area contributed by atoms with E-state index in [4.69, 9.17) is 5.14 Å². The Bertz CT molecular complexity index is 920. The van der Waals surface area contributed by atoms with Crippen molar-refractivity contribution in [3.8, 4) is 0 Å². The highest BCUT2D eigenvalue weighted by atomic mass is 32.2. The lowest BCUT2D eigenvalue weighted by Gasteiger charge is -2.28. The lowest BCUT2D eigenvalue weighted by molar-refractivity contribution is -0.142. The summed E-state index contributed by atoms with van der Waals surface area (Å²) in [5, 5.41) is 11.9. The van der Waals surface area contributed by atoms with Crippen LogP contribution in [0.3, 0.4) is 0 Å². The quantitative estimate of drug-likeness (QED) is 0.513. The van der Waals surface area contributed by atoms with Crippen molar-refractivity contribution >= 4 is 23.7 Å². The van der Waals surface area contributed by atoms with Crippen molar-refractivity contribution in [2.75, 3.05) is 5.32 Å². The minimum absolute atomic E-state index is 0.0537. The van der Waals surface area contributed by atoms with Crippen molar-refractivity contribution in [2.45, 2.75) is 56.3 Å². The Balaban J connectivity index is 1.89. The monoisotopic (exact) mass is 449 g/mol. The van der Waals surface area contributed by atoms with Crippen LogP contribution in [0.25, 0.3) is 0 Å². The summed E-state index contributed by atoms with van der Waals surface area (Å²) in [6.07, 6.45) is -5.13. The van der Waals surface area contributed by atoms with Crippen LogP contribution in [0.2, 0.25) is 0 Å². The zero-order valence-corrected chi connectivity index (χ0v) is 16.8. The topological polar surface area (TPSA) is 85.8 Å². The fraction of sp³-hybridized carbons (Fsp3) is 0.500. The second-order valence-corrected chi connectivity index (χ2v) is 7.89. The van der Waals surface area contributed by atoms with E-state index in [1.54, 1.807) is 12.1 Å². The molecule has 0 radical (unpaired) electrons.